The van der Waals surface area contributed by atoms with Gasteiger partial charge in [0.1, 0.15) is 0 Å². The summed E-state index contributed by atoms with van der Waals surface area (Å²) in [6, 6.07) is 21.0. The van der Waals surface area contributed by atoms with Crippen LogP contribution in [-0.4, -0.2) is 27.4 Å². The summed E-state index contributed by atoms with van der Waals surface area (Å²) in [6.07, 6.45) is 0. The lowest BCUT2D eigenvalue weighted by atomic mass is 10.2. The molecule has 31 heavy (non-hydrogen) atoms. The van der Waals surface area contributed by atoms with E-state index in [1.807, 2.05) is 36.4 Å². The Kier molecular flexibility index (Phi) is 12.2. The summed E-state index contributed by atoms with van der Waals surface area (Å²) in [6.45, 7) is 0. The third-order valence-electron chi connectivity index (χ3n) is 3.62. The van der Waals surface area contributed by atoms with E-state index in [2.05, 4.69) is 33.3 Å². The molecule has 0 bridgehead atoms. The van der Waals surface area contributed by atoms with Gasteiger partial charge in [-0.05, 0) is 24.3 Å². The zero-order chi connectivity index (χ0) is 22.5. The number of quaternary nitrogens is 2. The van der Waals surface area contributed by atoms with E-state index in [1.165, 1.54) is 12.1 Å². The number of rotatable bonds is 2. The number of pyridine rings is 2. The number of hydrogen-bond acceptors (Lipinski definition) is 8. The minimum Gasteiger partial charge on any atom is -0.543 e. The van der Waals surface area contributed by atoms with E-state index in [0.29, 0.717) is 11.0 Å². The second-order valence-electron chi connectivity index (χ2n) is 5.35. The molecule has 0 saturated carbocycles. The summed E-state index contributed by atoms with van der Waals surface area (Å²) in [5, 5.41) is 22.8. The van der Waals surface area contributed by atoms with Gasteiger partial charge in [0, 0.05) is 10.8 Å². The van der Waals surface area contributed by atoms with Gasteiger partial charge in [0.15, 0.2) is 0 Å². The summed E-state index contributed by atoms with van der Waals surface area (Å²) in [5.74, 6) is 11.5. The molecular weight excluding hydrogens is 404 g/mol. The highest BCUT2D eigenvalue weighted by molar-refractivity contribution is 5.89. The molecule has 2 heterocycles. The Morgan fingerprint density at radius 1 is 0.613 bits per heavy atom. The molecule has 0 aliphatic carbocycles. The van der Waals surface area contributed by atoms with Gasteiger partial charge in [0.25, 0.3) is 0 Å². The van der Waals surface area contributed by atoms with E-state index in [0.717, 1.165) is 10.8 Å². The highest BCUT2D eigenvalue weighted by atomic mass is 16.4. The first-order valence-corrected chi connectivity index (χ1v) is 8.50. The molecule has 0 radical (unpaired) electrons. The number of nitrogens with two attached hydrogens (primary N) is 2. The number of carboxylic acid groups (broad SMARTS) is 2. The SMILES string of the molecule is N[NH3+].N[NH3+].O.O=C([O-])c1ccc2ccccc2n1.O=C([O-])c1ccc2ccccc2n1. The van der Waals surface area contributed by atoms with Crippen LogP contribution in [0.15, 0.2) is 72.8 Å². The van der Waals surface area contributed by atoms with E-state index in [9.17, 15) is 19.8 Å². The number of para-hydroxylation sites is 2. The monoisotopic (exact) mass is 428 g/mol. The maximum Gasteiger partial charge on any atom is 0.0900 e. The first-order valence-electron chi connectivity index (χ1n) is 8.50. The van der Waals surface area contributed by atoms with Gasteiger partial charge < -0.3 is 25.3 Å². The van der Waals surface area contributed by atoms with Crippen LogP contribution in [0.4, 0.5) is 0 Å². The van der Waals surface area contributed by atoms with Crippen molar-refractivity contribution in [3.8, 4) is 0 Å². The maximum absolute atomic E-state index is 10.5. The Morgan fingerprint density at radius 2 is 0.935 bits per heavy atom. The molecule has 0 aliphatic heterocycles. The van der Waals surface area contributed by atoms with Crippen molar-refractivity contribution in [3.05, 3.63) is 84.2 Å². The van der Waals surface area contributed by atoms with Crippen molar-refractivity contribution < 1.29 is 37.0 Å². The van der Waals surface area contributed by atoms with Crippen LogP contribution in [0.3, 0.4) is 0 Å². The van der Waals surface area contributed by atoms with Crippen LogP contribution in [-0.2, 0) is 0 Å². The first kappa shape index (κ1) is 27.0. The number of carbonyl (C=O) groups excluding carboxylic acids is 2. The molecule has 0 unspecified atom stereocenters. The van der Waals surface area contributed by atoms with Gasteiger partial charge in [-0.15, -0.1) is 0 Å². The quantitative estimate of drug-likeness (QED) is 0.184. The normalized spacial score (nSPS) is 8.90. The zero-order valence-electron chi connectivity index (χ0n) is 16.5. The molecule has 0 spiro atoms. The predicted octanol–water partition coefficient (Wildman–Crippen LogP) is -3.42. The average molecular weight is 428 g/mol. The number of benzene rings is 2. The van der Waals surface area contributed by atoms with Crippen LogP contribution < -0.4 is 33.6 Å². The van der Waals surface area contributed by atoms with E-state index in [1.54, 1.807) is 24.3 Å². The molecule has 4 aromatic rings. The van der Waals surface area contributed by atoms with Crippen molar-refractivity contribution in [1.82, 2.24) is 9.97 Å². The average Bonchev–Trinajstić information content (AvgIpc) is 2.81. The van der Waals surface area contributed by atoms with Gasteiger partial charge in [-0.3, -0.25) is 11.7 Å². The number of fused-ring (bicyclic) bond motifs is 2. The highest BCUT2D eigenvalue weighted by Crippen LogP contribution is 2.11. The summed E-state index contributed by atoms with van der Waals surface area (Å²) in [4.78, 5) is 28.8. The fourth-order valence-electron chi connectivity index (χ4n) is 2.36. The number of aromatic nitrogens is 2. The van der Waals surface area contributed by atoms with E-state index < -0.39 is 11.9 Å². The summed E-state index contributed by atoms with van der Waals surface area (Å²) < 4.78 is 0. The Hall–Kier alpha value is -4.00. The van der Waals surface area contributed by atoms with Crippen molar-refractivity contribution in [2.24, 2.45) is 11.7 Å². The largest absolute Gasteiger partial charge is 0.543 e. The Morgan fingerprint density at radius 3 is 1.26 bits per heavy atom. The van der Waals surface area contributed by atoms with Gasteiger partial charge >= 0.3 is 0 Å². The van der Waals surface area contributed by atoms with Gasteiger partial charge in [-0.25, -0.2) is 9.97 Å². The molecule has 12 N–H and O–H groups in total. The van der Waals surface area contributed by atoms with Crippen molar-refractivity contribution in [2.75, 3.05) is 0 Å². The standard InChI is InChI=1S/2C10H7NO2.2H4N2.H2O/c2*12-10(13)9-6-5-7-3-1-2-4-8(7)11-9;2*1-2;/h2*1-6H,(H,12,13);2*1-2H2;1H2. The molecule has 0 atom stereocenters. The second kappa shape index (κ2) is 14.1. The van der Waals surface area contributed by atoms with Crippen LogP contribution in [0.2, 0.25) is 0 Å². The number of hydrogen-bond donors (Lipinski definition) is 4. The lowest BCUT2D eigenvalue weighted by molar-refractivity contribution is -0.379. The third-order valence-corrected chi connectivity index (χ3v) is 3.62. The lowest BCUT2D eigenvalue weighted by Gasteiger charge is -2.02. The molecule has 11 nitrogen and oxygen atoms in total. The highest BCUT2D eigenvalue weighted by Gasteiger charge is 1.98. The van der Waals surface area contributed by atoms with Gasteiger partial charge in [-0.2, -0.15) is 11.7 Å². The second-order valence-corrected chi connectivity index (χ2v) is 5.35. The van der Waals surface area contributed by atoms with Crippen molar-refractivity contribution >= 4 is 33.7 Å². The minimum atomic E-state index is -1.24. The van der Waals surface area contributed by atoms with E-state index in [-0.39, 0.29) is 16.9 Å². The van der Waals surface area contributed by atoms with Crippen LogP contribution in [0.5, 0.6) is 0 Å². The van der Waals surface area contributed by atoms with Crippen LogP contribution in [0.25, 0.3) is 21.8 Å². The van der Waals surface area contributed by atoms with Gasteiger partial charge in [0.05, 0.1) is 34.4 Å². The Labute approximate surface area is 177 Å². The molecule has 4 rings (SSSR count). The van der Waals surface area contributed by atoms with E-state index >= 15 is 0 Å². The number of carbonyl (C=O) groups is 2. The smallest absolute Gasteiger partial charge is 0.0900 e. The van der Waals surface area contributed by atoms with E-state index in [4.69, 9.17) is 0 Å². The third kappa shape index (κ3) is 7.74. The summed E-state index contributed by atoms with van der Waals surface area (Å²) in [7, 11) is 0. The zero-order valence-corrected chi connectivity index (χ0v) is 16.5. The Bertz CT molecular complexity index is 1030. The van der Waals surface area contributed by atoms with Gasteiger partial charge in [0.2, 0.25) is 0 Å². The number of carboxylic acids is 2. The fourth-order valence-corrected chi connectivity index (χ4v) is 2.36. The molecule has 0 fully saturated rings. The first-order chi connectivity index (χ1) is 14.5. The topological polar surface area (TPSA) is 245 Å². The van der Waals surface area contributed by atoms with Crippen LogP contribution >= 0.6 is 0 Å². The lowest BCUT2D eigenvalue weighted by Crippen LogP contribution is -2.59. The number of nitrogens with zero attached hydrogens (tertiary/aromatic N) is 2. The summed E-state index contributed by atoms with van der Waals surface area (Å²) in [5.41, 5.74) is 1.28. The molecule has 2 aromatic carbocycles. The predicted molar refractivity (Wildman–Crippen MR) is 110 cm³/mol. The Balaban J connectivity index is 0.000000487. The fraction of sp³-hybridized carbons (Fsp3) is 0. The van der Waals surface area contributed by atoms with Crippen molar-refractivity contribution in [2.45, 2.75) is 0 Å². The summed E-state index contributed by atoms with van der Waals surface area (Å²) >= 11 is 0. The molecular formula is C20H24N6O5. The van der Waals surface area contributed by atoms with Crippen molar-refractivity contribution in [3.63, 3.8) is 0 Å². The molecule has 0 amide bonds. The maximum atomic E-state index is 10.5. The van der Waals surface area contributed by atoms with Crippen LogP contribution in [0, 0.1) is 0 Å². The molecule has 11 heteroatoms. The molecule has 0 saturated heterocycles. The van der Waals surface area contributed by atoms with Crippen LogP contribution in [0.1, 0.15) is 21.0 Å². The minimum absolute atomic E-state index is 0. The molecule has 164 valence electrons. The molecule has 2 aromatic heterocycles. The number of aromatic carboxylic acids is 2. The van der Waals surface area contributed by atoms with Crippen molar-refractivity contribution in [1.29, 1.82) is 0 Å². The molecule has 0 aliphatic rings. The van der Waals surface area contributed by atoms with Gasteiger partial charge in [-0.1, -0.05) is 48.5 Å².